The molecule has 0 bridgehead atoms. The van der Waals surface area contributed by atoms with Gasteiger partial charge in [0.05, 0.1) is 54.3 Å². The van der Waals surface area contributed by atoms with E-state index in [4.69, 9.17) is 0 Å². The van der Waals surface area contributed by atoms with Crippen molar-refractivity contribution in [1.82, 2.24) is 59.2 Å². The van der Waals surface area contributed by atoms with Crippen LogP contribution in [-0.4, -0.2) is 94.8 Å². The number of nitrogens with zero attached hydrogens (tertiary/aromatic N) is 9. The number of hydrogen-bond donors (Lipinski definition) is 3. The summed E-state index contributed by atoms with van der Waals surface area (Å²) in [6.45, 7) is 0. The molecule has 3 N–H and O–H groups in total. The van der Waals surface area contributed by atoms with Crippen molar-refractivity contribution in [3.8, 4) is 0 Å². The van der Waals surface area contributed by atoms with Gasteiger partial charge in [0.15, 0.2) is 25.6 Å². The fourth-order valence-corrected chi connectivity index (χ4v) is 11.0. The van der Waals surface area contributed by atoms with Gasteiger partial charge in [-0.15, -0.1) is 34.0 Å². The zero-order valence-corrected chi connectivity index (χ0v) is 32.5. The first kappa shape index (κ1) is 35.6. The molecule has 9 heterocycles. The number of H-pyrrole nitrogens is 3. The fourth-order valence-electron chi connectivity index (χ4n) is 5.48. The topological polar surface area (TPSA) is 259 Å². The Labute approximate surface area is 306 Å². The maximum atomic E-state index is 11.7. The zero-order chi connectivity index (χ0) is 37.4. The minimum atomic E-state index is -3.34. The molecule has 52 heavy (non-hydrogen) atoms. The predicted molar refractivity (Wildman–Crippen MR) is 201 cm³/mol. The van der Waals surface area contributed by atoms with Crippen LogP contribution in [0.5, 0.6) is 0 Å². The van der Waals surface area contributed by atoms with Crippen molar-refractivity contribution in [2.24, 2.45) is 21.1 Å². The summed E-state index contributed by atoms with van der Waals surface area (Å²) in [7, 11) is -0.356. The summed E-state index contributed by atoms with van der Waals surface area (Å²) in [5.41, 5.74) is 2.56. The summed E-state index contributed by atoms with van der Waals surface area (Å²) < 4.78 is 54.3. The van der Waals surface area contributed by atoms with Gasteiger partial charge in [0.1, 0.15) is 16.6 Å². The van der Waals surface area contributed by atoms with E-state index in [1.807, 2.05) is 0 Å². The first-order valence-electron chi connectivity index (χ1n) is 14.4. The lowest BCUT2D eigenvalue weighted by Crippen LogP contribution is -2.10. The van der Waals surface area contributed by atoms with Crippen molar-refractivity contribution < 1.29 is 16.8 Å². The van der Waals surface area contributed by atoms with Crippen molar-refractivity contribution in [3.05, 3.63) is 49.7 Å². The van der Waals surface area contributed by atoms with Gasteiger partial charge in [-0.25, -0.2) is 38.7 Å². The number of thiazole rings is 3. The first-order valence-corrected chi connectivity index (χ1v) is 21.9. The Kier molecular flexibility index (Phi) is 8.89. The van der Waals surface area contributed by atoms with Crippen molar-refractivity contribution >= 4 is 129 Å². The van der Waals surface area contributed by atoms with Crippen molar-refractivity contribution in [2.75, 3.05) is 18.8 Å². The lowest BCUT2D eigenvalue weighted by molar-refractivity contribution is 0.601. The van der Waals surface area contributed by atoms with Crippen LogP contribution in [0.3, 0.4) is 0 Å². The molecule has 9 rings (SSSR count). The molecule has 0 fully saturated rings. The van der Waals surface area contributed by atoms with E-state index in [1.165, 1.54) is 28.9 Å². The van der Waals surface area contributed by atoms with E-state index in [1.54, 1.807) is 59.7 Å². The standard InChI is InChI=1S/C9H8N4O3S2.2C9H8N4O2S2/c1-13-5-4(3-10-12-8(5)14)6-7(13)11-9(17-6)18(2,15)16;2*1-13-5-4(3-10-12-8(5)14)6-7(13)11-9(16-6)17(2)15/h3H,1-2H3,(H,12,14);2*3H,1-2H3,(H,12,14). The number of aromatic amines is 3. The number of aromatic nitrogens is 12. The second kappa shape index (κ2) is 13.0. The van der Waals surface area contributed by atoms with Crippen molar-refractivity contribution in [2.45, 2.75) is 13.0 Å². The third-order valence-electron chi connectivity index (χ3n) is 7.76. The van der Waals surface area contributed by atoms with Crippen LogP contribution in [0.25, 0.3) is 63.8 Å². The fraction of sp³-hybridized carbons (Fsp3) is 0.222. The maximum absolute atomic E-state index is 11.7. The highest BCUT2D eigenvalue weighted by Gasteiger charge is 2.21. The van der Waals surface area contributed by atoms with Crippen LogP contribution in [-0.2, 0) is 52.6 Å². The Hall–Kier alpha value is -4.82. The predicted octanol–water partition coefficient (Wildman–Crippen LogP) is 1.49. The second-order valence-electron chi connectivity index (χ2n) is 11.1. The zero-order valence-electron chi connectivity index (χ0n) is 27.6. The van der Waals surface area contributed by atoms with E-state index in [2.05, 4.69) is 45.5 Å². The Morgan fingerprint density at radius 1 is 0.596 bits per heavy atom. The van der Waals surface area contributed by atoms with Crippen LogP contribution in [0, 0.1) is 0 Å². The van der Waals surface area contributed by atoms with E-state index >= 15 is 0 Å². The van der Waals surface area contributed by atoms with Gasteiger partial charge in [-0.1, -0.05) is 0 Å². The third-order valence-corrected chi connectivity index (χ3v) is 15.3. The number of hydrogen-bond acceptors (Lipinski definition) is 16. The van der Waals surface area contributed by atoms with Gasteiger partial charge in [-0.2, -0.15) is 15.3 Å². The Bertz CT molecular complexity index is 3110. The maximum Gasteiger partial charge on any atom is 0.288 e. The summed E-state index contributed by atoms with van der Waals surface area (Å²) in [5, 5.41) is 20.5. The minimum absolute atomic E-state index is 0.0466. The number of sulfone groups is 1. The average Bonchev–Trinajstić information content (AvgIpc) is 3.92. The summed E-state index contributed by atoms with van der Waals surface area (Å²) >= 11 is 3.73. The third kappa shape index (κ3) is 5.81. The normalized spacial score (nSPS) is 13.2. The molecule has 0 aliphatic rings. The quantitative estimate of drug-likeness (QED) is 0.229. The van der Waals surface area contributed by atoms with Gasteiger partial charge in [-0.3, -0.25) is 22.8 Å². The van der Waals surface area contributed by atoms with E-state index in [9.17, 15) is 31.2 Å². The number of aryl methyl sites for hydroxylation is 3. The highest BCUT2D eigenvalue weighted by Crippen LogP contribution is 2.34. The van der Waals surface area contributed by atoms with Gasteiger partial charge in [0.2, 0.25) is 14.2 Å². The van der Waals surface area contributed by atoms with Crippen LogP contribution < -0.4 is 16.7 Å². The highest BCUT2D eigenvalue weighted by molar-refractivity contribution is 7.92. The highest BCUT2D eigenvalue weighted by atomic mass is 32.2. The number of nitrogens with one attached hydrogen (secondary N) is 3. The molecular formula is C27H24N12O7S6. The SMILES string of the molecule is Cn1c2nc(S(C)(=O)=O)sc2c2cn[nH]c(=O)c21.Cn1c2nc(S(C)=O)sc2c2cn[nH]c(=O)c21.Cn1c2nc(S(C)=O)sc2c2cn[nH]c(=O)c21. The summed E-state index contributed by atoms with van der Waals surface area (Å²) in [5.74, 6) is 0. The molecule has 9 aromatic heterocycles. The van der Waals surface area contributed by atoms with Gasteiger partial charge in [-0.05, 0) is 0 Å². The molecule has 0 aliphatic carbocycles. The largest absolute Gasteiger partial charge is 0.323 e. The van der Waals surface area contributed by atoms with Crippen LogP contribution >= 0.6 is 34.0 Å². The Morgan fingerprint density at radius 2 is 0.923 bits per heavy atom. The van der Waals surface area contributed by atoms with Crippen molar-refractivity contribution in [3.63, 3.8) is 0 Å². The number of rotatable bonds is 3. The summed E-state index contributed by atoms with van der Waals surface area (Å²) in [6.07, 6.45) is 8.98. The molecule has 2 unspecified atom stereocenters. The molecule has 0 saturated heterocycles. The molecule has 0 amide bonds. The molecule has 0 saturated carbocycles. The lowest BCUT2D eigenvalue weighted by Gasteiger charge is -1.94. The molecule has 25 heteroatoms. The Balaban J connectivity index is 0.000000121. The second-order valence-corrected chi connectivity index (χ2v) is 19.4. The smallest absolute Gasteiger partial charge is 0.288 e. The van der Waals surface area contributed by atoms with E-state index in [0.717, 1.165) is 37.8 Å². The lowest BCUT2D eigenvalue weighted by atomic mass is 10.4. The molecule has 0 radical (unpaired) electrons. The molecule has 2 atom stereocenters. The van der Waals surface area contributed by atoms with Gasteiger partial charge >= 0.3 is 0 Å². The number of fused-ring (bicyclic) bond motifs is 9. The molecule has 0 aliphatic heterocycles. The molecular weight excluding hydrogens is 797 g/mol. The molecule has 0 spiro atoms. The average molecular weight is 821 g/mol. The molecule has 270 valence electrons. The molecule has 19 nitrogen and oxygen atoms in total. The monoisotopic (exact) mass is 820 g/mol. The summed E-state index contributed by atoms with van der Waals surface area (Å²) in [6, 6.07) is 0. The van der Waals surface area contributed by atoms with Gasteiger partial charge in [0.25, 0.3) is 16.7 Å². The van der Waals surface area contributed by atoms with E-state index in [-0.39, 0.29) is 21.0 Å². The first-order chi connectivity index (χ1) is 24.6. The molecule has 0 aromatic carbocycles. The van der Waals surface area contributed by atoms with Crippen molar-refractivity contribution in [1.29, 1.82) is 0 Å². The molecule has 9 aromatic rings. The van der Waals surface area contributed by atoms with Gasteiger partial charge < -0.3 is 13.7 Å². The summed E-state index contributed by atoms with van der Waals surface area (Å²) in [4.78, 5) is 47.7. The Morgan fingerprint density at radius 3 is 1.25 bits per heavy atom. The van der Waals surface area contributed by atoms with Crippen LogP contribution in [0.4, 0.5) is 0 Å². The van der Waals surface area contributed by atoms with Gasteiger partial charge in [0, 0.05) is 56.1 Å². The minimum Gasteiger partial charge on any atom is -0.323 e. The van der Waals surface area contributed by atoms with Crippen LogP contribution in [0.2, 0.25) is 0 Å². The van der Waals surface area contributed by atoms with E-state index < -0.39 is 31.4 Å². The van der Waals surface area contributed by atoms with E-state index in [0.29, 0.717) is 52.3 Å². The van der Waals surface area contributed by atoms with Crippen LogP contribution in [0.1, 0.15) is 0 Å². The van der Waals surface area contributed by atoms with Crippen LogP contribution in [0.15, 0.2) is 46.0 Å².